The SMILES string of the molecule is CC.CC.CCCCN(CCNC(C)(C)C)C(C)=O. The van der Waals surface area contributed by atoms with Gasteiger partial charge in [-0.3, -0.25) is 4.79 Å². The molecule has 19 heavy (non-hydrogen) atoms. The summed E-state index contributed by atoms with van der Waals surface area (Å²) in [7, 11) is 0. The average molecular weight is 274 g/mol. The number of hydrogen-bond donors (Lipinski definition) is 1. The Bertz CT molecular complexity index is 186. The fourth-order valence-corrected chi connectivity index (χ4v) is 1.34. The standard InChI is InChI=1S/C12H26N2O.2C2H6/c1-6-7-9-14(11(2)15)10-8-13-12(3,4)5;2*1-2/h13H,6-10H2,1-5H3;2*1-2H3. The van der Waals surface area contributed by atoms with Gasteiger partial charge in [0, 0.05) is 32.1 Å². The molecule has 0 radical (unpaired) electrons. The van der Waals surface area contributed by atoms with Gasteiger partial charge in [0.2, 0.25) is 5.91 Å². The maximum Gasteiger partial charge on any atom is 0.219 e. The van der Waals surface area contributed by atoms with E-state index >= 15 is 0 Å². The van der Waals surface area contributed by atoms with Crippen LogP contribution in [0.5, 0.6) is 0 Å². The Morgan fingerprint density at radius 2 is 1.53 bits per heavy atom. The van der Waals surface area contributed by atoms with Gasteiger partial charge < -0.3 is 10.2 Å². The van der Waals surface area contributed by atoms with E-state index in [0.717, 1.165) is 32.5 Å². The van der Waals surface area contributed by atoms with E-state index in [1.165, 1.54) is 0 Å². The molecule has 0 heterocycles. The van der Waals surface area contributed by atoms with E-state index in [1.54, 1.807) is 6.92 Å². The molecule has 0 aliphatic carbocycles. The lowest BCUT2D eigenvalue weighted by atomic mass is 10.1. The largest absolute Gasteiger partial charge is 0.342 e. The Labute approximate surface area is 122 Å². The van der Waals surface area contributed by atoms with Crippen LogP contribution in [-0.2, 0) is 4.79 Å². The average Bonchev–Trinajstić information content (AvgIpc) is 2.36. The number of unbranched alkanes of at least 4 members (excludes halogenated alkanes) is 1. The molecule has 1 amide bonds. The van der Waals surface area contributed by atoms with Gasteiger partial charge in [0.15, 0.2) is 0 Å². The Hall–Kier alpha value is -0.570. The molecule has 0 spiro atoms. The normalized spacial score (nSPS) is 9.74. The summed E-state index contributed by atoms with van der Waals surface area (Å²) in [4.78, 5) is 13.2. The summed E-state index contributed by atoms with van der Waals surface area (Å²) in [5.41, 5.74) is 0.132. The zero-order valence-electron chi connectivity index (χ0n) is 14.9. The summed E-state index contributed by atoms with van der Waals surface area (Å²) < 4.78 is 0. The van der Waals surface area contributed by atoms with E-state index in [1.807, 2.05) is 32.6 Å². The minimum absolute atomic E-state index is 0.132. The van der Waals surface area contributed by atoms with Gasteiger partial charge in [-0.1, -0.05) is 41.0 Å². The molecule has 0 unspecified atom stereocenters. The van der Waals surface area contributed by atoms with Crippen molar-refractivity contribution in [3.63, 3.8) is 0 Å². The second-order valence-corrected chi connectivity index (χ2v) is 5.04. The number of carbonyl (C=O) groups excluding carboxylic acids is 1. The van der Waals surface area contributed by atoms with E-state index in [4.69, 9.17) is 0 Å². The molecule has 1 N–H and O–H groups in total. The first kappa shape index (κ1) is 23.5. The molecule has 0 aliphatic rings. The highest BCUT2D eigenvalue weighted by molar-refractivity contribution is 5.73. The van der Waals surface area contributed by atoms with Gasteiger partial charge in [0.1, 0.15) is 0 Å². The summed E-state index contributed by atoms with van der Waals surface area (Å²) >= 11 is 0. The predicted molar refractivity (Wildman–Crippen MR) is 87.6 cm³/mol. The molecule has 0 aliphatic heterocycles. The fourth-order valence-electron chi connectivity index (χ4n) is 1.34. The van der Waals surface area contributed by atoms with Gasteiger partial charge in [-0.2, -0.15) is 0 Å². The van der Waals surface area contributed by atoms with Crippen LogP contribution in [-0.4, -0.2) is 36.0 Å². The van der Waals surface area contributed by atoms with Gasteiger partial charge in [0.05, 0.1) is 0 Å². The van der Waals surface area contributed by atoms with Crippen LogP contribution >= 0.6 is 0 Å². The van der Waals surface area contributed by atoms with Crippen molar-refractivity contribution in [2.45, 2.75) is 80.7 Å². The molecule has 0 rings (SSSR count). The third-order valence-corrected chi connectivity index (χ3v) is 2.26. The van der Waals surface area contributed by atoms with Gasteiger partial charge in [0.25, 0.3) is 0 Å². The smallest absolute Gasteiger partial charge is 0.219 e. The highest BCUT2D eigenvalue weighted by atomic mass is 16.2. The molecule has 118 valence electrons. The van der Waals surface area contributed by atoms with Gasteiger partial charge in [-0.15, -0.1) is 0 Å². The summed E-state index contributed by atoms with van der Waals surface area (Å²) in [6, 6.07) is 0. The summed E-state index contributed by atoms with van der Waals surface area (Å²) in [5.74, 6) is 0.180. The number of nitrogens with zero attached hydrogens (tertiary/aromatic N) is 1. The number of amides is 1. The van der Waals surface area contributed by atoms with Crippen LogP contribution in [0.1, 0.15) is 75.2 Å². The van der Waals surface area contributed by atoms with Crippen molar-refractivity contribution in [2.24, 2.45) is 0 Å². The van der Waals surface area contributed by atoms with Crippen LogP contribution in [0.4, 0.5) is 0 Å². The zero-order valence-corrected chi connectivity index (χ0v) is 14.9. The lowest BCUT2D eigenvalue weighted by Crippen LogP contribution is -2.42. The topological polar surface area (TPSA) is 32.3 Å². The van der Waals surface area contributed by atoms with Crippen LogP contribution in [0.15, 0.2) is 0 Å². The van der Waals surface area contributed by atoms with Gasteiger partial charge >= 0.3 is 0 Å². The van der Waals surface area contributed by atoms with E-state index in [0.29, 0.717) is 0 Å². The van der Waals surface area contributed by atoms with E-state index in [-0.39, 0.29) is 11.4 Å². The number of hydrogen-bond acceptors (Lipinski definition) is 2. The molecule has 0 atom stereocenters. The Morgan fingerprint density at radius 3 is 1.84 bits per heavy atom. The fraction of sp³-hybridized carbons (Fsp3) is 0.938. The molecule has 0 saturated heterocycles. The second kappa shape index (κ2) is 15.5. The highest BCUT2D eigenvalue weighted by Crippen LogP contribution is 1.99. The molecule has 0 fully saturated rings. The van der Waals surface area contributed by atoms with Crippen molar-refractivity contribution < 1.29 is 4.79 Å². The number of rotatable bonds is 6. The first-order valence-electron chi connectivity index (χ1n) is 7.87. The lowest BCUT2D eigenvalue weighted by molar-refractivity contribution is -0.128. The molecule has 0 saturated carbocycles. The quantitative estimate of drug-likeness (QED) is 0.791. The maximum absolute atomic E-state index is 11.3. The van der Waals surface area contributed by atoms with Crippen molar-refractivity contribution >= 4 is 5.91 Å². The van der Waals surface area contributed by atoms with Crippen LogP contribution in [0.25, 0.3) is 0 Å². The maximum atomic E-state index is 11.3. The molecule has 0 aromatic rings. The van der Waals surface area contributed by atoms with Crippen molar-refractivity contribution in [2.75, 3.05) is 19.6 Å². The van der Waals surface area contributed by atoms with Gasteiger partial charge in [-0.25, -0.2) is 0 Å². The molecule has 3 nitrogen and oxygen atoms in total. The first-order valence-corrected chi connectivity index (χ1v) is 7.87. The number of carbonyl (C=O) groups is 1. The van der Waals surface area contributed by atoms with Gasteiger partial charge in [-0.05, 0) is 27.2 Å². The van der Waals surface area contributed by atoms with E-state index in [2.05, 4.69) is 33.0 Å². The molecule has 0 aromatic carbocycles. The molecule has 0 bridgehead atoms. The molecular formula is C16H38N2O. The van der Waals surface area contributed by atoms with E-state index < -0.39 is 0 Å². The summed E-state index contributed by atoms with van der Waals surface area (Å²) in [5, 5.41) is 3.39. The molecule has 0 aromatic heterocycles. The lowest BCUT2D eigenvalue weighted by Gasteiger charge is -2.25. The van der Waals surface area contributed by atoms with Crippen LogP contribution in [0, 0.1) is 0 Å². The zero-order chi connectivity index (χ0) is 15.9. The number of nitrogens with one attached hydrogen (secondary N) is 1. The molecular weight excluding hydrogens is 236 g/mol. The summed E-state index contributed by atoms with van der Waals surface area (Å²) in [6.45, 7) is 20.8. The van der Waals surface area contributed by atoms with Crippen molar-refractivity contribution in [3.8, 4) is 0 Å². The Balaban J connectivity index is -0.000000579. The first-order chi connectivity index (χ1) is 8.87. The van der Waals surface area contributed by atoms with Crippen molar-refractivity contribution in [1.29, 1.82) is 0 Å². The molecule has 3 heteroatoms. The Morgan fingerprint density at radius 1 is 1.05 bits per heavy atom. The third-order valence-electron chi connectivity index (χ3n) is 2.26. The minimum atomic E-state index is 0.132. The minimum Gasteiger partial charge on any atom is -0.342 e. The van der Waals surface area contributed by atoms with Crippen molar-refractivity contribution in [3.05, 3.63) is 0 Å². The van der Waals surface area contributed by atoms with Crippen LogP contribution in [0.2, 0.25) is 0 Å². The third kappa shape index (κ3) is 19.9. The predicted octanol–water partition coefficient (Wildman–Crippen LogP) is 4.08. The Kier molecular flexibility index (Phi) is 19.2. The van der Waals surface area contributed by atoms with E-state index in [9.17, 15) is 4.79 Å². The van der Waals surface area contributed by atoms with Crippen LogP contribution in [0.3, 0.4) is 0 Å². The monoisotopic (exact) mass is 274 g/mol. The van der Waals surface area contributed by atoms with Crippen molar-refractivity contribution in [1.82, 2.24) is 10.2 Å². The van der Waals surface area contributed by atoms with Crippen LogP contribution < -0.4 is 5.32 Å². The second-order valence-electron chi connectivity index (χ2n) is 5.04. The highest BCUT2D eigenvalue weighted by Gasteiger charge is 2.11. The summed E-state index contributed by atoms with van der Waals surface area (Å²) in [6.07, 6.45) is 2.23.